The Morgan fingerprint density at radius 1 is 0.893 bits per heavy atom. The van der Waals surface area contributed by atoms with Gasteiger partial charge in [-0.15, -0.1) is 0 Å². The van der Waals surface area contributed by atoms with Crippen molar-refractivity contribution in [1.29, 1.82) is 0 Å². The molecule has 2 aromatic carbocycles. The molecule has 0 aliphatic heterocycles. The smallest absolute Gasteiger partial charge is 0.269 e. The Labute approximate surface area is 161 Å². The van der Waals surface area contributed by atoms with Gasteiger partial charge in [-0.05, 0) is 43.5 Å². The van der Waals surface area contributed by atoms with Gasteiger partial charge in [-0.1, -0.05) is 0 Å². The van der Waals surface area contributed by atoms with E-state index in [2.05, 4.69) is 10.6 Å². The van der Waals surface area contributed by atoms with Gasteiger partial charge in [0.2, 0.25) is 5.91 Å². The molecule has 1 unspecified atom stereocenters. The first kappa shape index (κ1) is 20.6. The van der Waals surface area contributed by atoms with Crippen LogP contribution >= 0.6 is 0 Å². The molecular weight excluding hydrogens is 366 g/mol. The van der Waals surface area contributed by atoms with E-state index in [9.17, 15) is 25.0 Å². The molecule has 10 heteroatoms. The van der Waals surface area contributed by atoms with E-state index in [-0.39, 0.29) is 11.4 Å². The number of nitrogens with one attached hydrogen (secondary N) is 2. The van der Waals surface area contributed by atoms with Crippen molar-refractivity contribution in [1.82, 2.24) is 0 Å². The van der Waals surface area contributed by atoms with Gasteiger partial charge in [0.05, 0.1) is 9.85 Å². The van der Waals surface area contributed by atoms with Crippen LogP contribution in [0.15, 0.2) is 48.5 Å². The number of hydrogen-bond donors (Lipinski definition) is 3. The predicted molar refractivity (Wildman–Crippen MR) is 105 cm³/mol. The molecule has 0 saturated carbocycles. The molecule has 28 heavy (non-hydrogen) atoms. The Hall–Kier alpha value is -3.69. The third-order valence-corrected chi connectivity index (χ3v) is 4.09. The van der Waals surface area contributed by atoms with E-state index >= 15 is 0 Å². The fraction of sp³-hybridized carbons (Fsp3) is 0.278. The average molecular weight is 387 g/mol. The van der Waals surface area contributed by atoms with Crippen molar-refractivity contribution >= 4 is 28.7 Å². The maximum absolute atomic E-state index is 11.6. The molecule has 4 N–H and O–H groups in total. The third-order valence-electron chi connectivity index (χ3n) is 4.09. The lowest BCUT2D eigenvalue weighted by Gasteiger charge is -2.16. The first-order valence-electron chi connectivity index (χ1n) is 8.65. The maximum Gasteiger partial charge on any atom is 0.269 e. The minimum Gasteiger partial charge on any atom is -0.385 e. The summed E-state index contributed by atoms with van der Waals surface area (Å²) < 4.78 is 0. The van der Waals surface area contributed by atoms with Crippen molar-refractivity contribution in [2.75, 3.05) is 17.2 Å². The van der Waals surface area contributed by atoms with Gasteiger partial charge in [0.1, 0.15) is 6.04 Å². The molecule has 0 aromatic heterocycles. The van der Waals surface area contributed by atoms with Crippen molar-refractivity contribution in [3.05, 3.63) is 68.8 Å². The molecule has 0 bridgehead atoms. The third kappa shape index (κ3) is 6.24. The van der Waals surface area contributed by atoms with E-state index in [1.807, 2.05) is 0 Å². The molecule has 10 nitrogen and oxygen atoms in total. The fourth-order valence-electron chi connectivity index (χ4n) is 2.57. The number of nitrogens with two attached hydrogens (primary N) is 1. The highest BCUT2D eigenvalue weighted by atomic mass is 16.6. The molecule has 2 aromatic rings. The first-order chi connectivity index (χ1) is 13.4. The number of non-ortho nitro benzene ring substituents is 2. The molecule has 0 heterocycles. The second-order valence-corrected chi connectivity index (χ2v) is 6.13. The van der Waals surface area contributed by atoms with Gasteiger partial charge < -0.3 is 16.4 Å². The van der Waals surface area contributed by atoms with E-state index in [1.54, 1.807) is 12.1 Å². The van der Waals surface area contributed by atoms with E-state index in [0.717, 1.165) is 12.1 Å². The summed E-state index contributed by atoms with van der Waals surface area (Å²) in [6.07, 6.45) is 1.99. The summed E-state index contributed by atoms with van der Waals surface area (Å²) in [6.45, 7) is 0.640. The second-order valence-electron chi connectivity index (χ2n) is 6.13. The Balaban J connectivity index is 1.76. The van der Waals surface area contributed by atoms with Crippen molar-refractivity contribution in [3.63, 3.8) is 0 Å². The van der Waals surface area contributed by atoms with Gasteiger partial charge in [-0.2, -0.15) is 0 Å². The average Bonchev–Trinajstić information content (AvgIpc) is 2.67. The van der Waals surface area contributed by atoms with Gasteiger partial charge in [0.15, 0.2) is 0 Å². The zero-order valence-corrected chi connectivity index (χ0v) is 15.0. The lowest BCUT2D eigenvalue weighted by Crippen LogP contribution is -2.35. The second kappa shape index (κ2) is 9.86. The summed E-state index contributed by atoms with van der Waals surface area (Å²) in [5.74, 6) is -0.498. The summed E-state index contributed by atoms with van der Waals surface area (Å²) in [7, 11) is 0. The summed E-state index contributed by atoms with van der Waals surface area (Å²) in [4.78, 5) is 32.0. The van der Waals surface area contributed by atoms with Crippen LogP contribution in [0.2, 0.25) is 0 Å². The van der Waals surface area contributed by atoms with Gasteiger partial charge >= 0.3 is 0 Å². The standard InChI is InChI=1S/C18H21N5O5/c19-18(24)17(21-14-6-10-16(11-7-14)23(27)28)3-1-2-12-20-13-4-8-15(9-5-13)22(25)26/h4-11,17,20-21H,1-3,12H2,(H2,19,24). The van der Waals surface area contributed by atoms with Crippen molar-refractivity contribution < 1.29 is 14.6 Å². The number of hydrogen-bond acceptors (Lipinski definition) is 7. The van der Waals surface area contributed by atoms with Crippen LogP contribution in [0.5, 0.6) is 0 Å². The van der Waals surface area contributed by atoms with Crippen LogP contribution in [0.25, 0.3) is 0 Å². The molecule has 0 saturated heterocycles. The SMILES string of the molecule is NC(=O)C(CCCCNc1ccc([N+](=O)[O-])cc1)Nc1ccc([N+](=O)[O-])cc1. The number of rotatable bonds is 11. The van der Waals surface area contributed by atoms with Crippen LogP contribution in [-0.2, 0) is 4.79 Å². The fourth-order valence-corrected chi connectivity index (χ4v) is 2.57. The number of anilines is 2. The van der Waals surface area contributed by atoms with Gasteiger partial charge in [-0.25, -0.2) is 0 Å². The van der Waals surface area contributed by atoms with E-state index < -0.39 is 21.8 Å². The Morgan fingerprint density at radius 2 is 1.39 bits per heavy atom. The number of benzene rings is 2. The number of nitrogens with zero attached hydrogens (tertiary/aromatic N) is 2. The van der Waals surface area contributed by atoms with Crippen LogP contribution in [0, 0.1) is 20.2 Å². The number of unbranched alkanes of at least 4 members (excludes halogenated alkanes) is 1. The quantitative estimate of drug-likeness (QED) is 0.304. The van der Waals surface area contributed by atoms with Crippen LogP contribution in [0.1, 0.15) is 19.3 Å². The van der Waals surface area contributed by atoms with Gasteiger partial charge in [0, 0.05) is 42.2 Å². The number of amides is 1. The van der Waals surface area contributed by atoms with Gasteiger partial charge in [0.25, 0.3) is 11.4 Å². The minimum atomic E-state index is -0.583. The van der Waals surface area contributed by atoms with Crippen molar-refractivity contribution in [2.45, 2.75) is 25.3 Å². The van der Waals surface area contributed by atoms with Crippen molar-refractivity contribution in [2.24, 2.45) is 5.73 Å². The van der Waals surface area contributed by atoms with Crippen LogP contribution in [0.3, 0.4) is 0 Å². The van der Waals surface area contributed by atoms with Crippen LogP contribution in [-0.4, -0.2) is 28.3 Å². The lowest BCUT2D eigenvalue weighted by molar-refractivity contribution is -0.385. The highest BCUT2D eigenvalue weighted by molar-refractivity contribution is 5.82. The summed E-state index contributed by atoms with van der Waals surface area (Å²) >= 11 is 0. The van der Waals surface area contributed by atoms with E-state index in [0.29, 0.717) is 25.1 Å². The number of nitro benzene ring substituents is 2. The predicted octanol–water partition coefficient (Wildman–Crippen LogP) is 3.05. The molecule has 0 fully saturated rings. The molecule has 1 amide bonds. The largest absolute Gasteiger partial charge is 0.385 e. The topological polar surface area (TPSA) is 153 Å². The van der Waals surface area contributed by atoms with Crippen LogP contribution < -0.4 is 16.4 Å². The number of primary amides is 1. The first-order valence-corrected chi connectivity index (χ1v) is 8.65. The maximum atomic E-state index is 11.6. The summed E-state index contributed by atoms with van der Waals surface area (Å²) in [5.41, 5.74) is 6.79. The van der Waals surface area contributed by atoms with Crippen LogP contribution in [0.4, 0.5) is 22.7 Å². The van der Waals surface area contributed by atoms with E-state index in [1.165, 1.54) is 36.4 Å². The zero-order chi connectivity index (χ0) is 20.5. The number of nitro groups is 2. The molecule has 2 rings (SSSR count). The Kier molecular flexibility index (Phi) is 7.26. The molecular formula is C18H21N5O5. The molecule has 148 valence electrons. The molecule has 0 aliphatic rings. The molecule has 0 spiro atoms. The normalized spacial score (nSPS) is 11.4. The Bertz CT molecular complexity index is 823. The monoisotopic (exact) mass is 387 g/mol. The molecule has 1 atom stereocenters. The molecule has 0 radical (unpaired) electrons. The lowest BCUT2D eigenvalue weighted by atomic mass is 10.1. The van der Waals surface area contributed by atoms with E-state index in [4.69, 9.17) is 5.73 Å². The molecule has 0 aliphatic carbocycles. The summed E-state index contributed by atoms with van der Waals surface area (Å²) in [5, 5.41) is 27.4. The van der Waals surface area contributed by atoms with Gasteiger partial charge in [-0.3, -0.25) is 25.0 Å². The zero-order valence-electron chi connectivity index (χ0n) is 15.0. The number of carbonyl (C=O) groups excluding carboxylic acids is 1. The highest BCUT2D eigenvalue weighted by Crippen LogP contribution is 2.18. The number of carbonyl (C=O) groups is 1. The summed E-state index contributed by atoms with van der Waals surface area (Å²) in [6, 6.07) is 11.3. The highest BCUT2D eigenvalue weighted by Gasteiger charge is 2.15. The Morgan fingerprint density at radius 3 is 1.86 bits per heavy atom. The minimum absolute atomic E-state index is 0.0292. The van der Waals surface area contributed by atoms with Crippen molar-refractivity contribution in [3.8, 4) is 0 Å².